The minimum atomic E-state index is -0.0966. The lowest BCUT2D eigenvalue weighted by Crippen LogP contribution is -2.12. The van der Waals surface area contributed by atoms with Crippen molar-refractivity contribution in [3.05, 3.63) is 60.5 Å². The fourth-order valence-corrected chi connectivity index (χ4v) is 2.36. The Morgan fingerprint density at radius 2 is 1.88 bits per heavy atom. The number of benzene rings is 2. The van der Waals surface area contributed by atoms with Gasteiger partial charge in [-0.2, -0.15) is 4.98 Å². The summed E-state index contributed by atoms with van der Waals surface area (Å²) in [6, 6.07) is 16.8. The van der Waals surface area contributed by atoms with Crippen molar-refractivity contribution < 1.29 is 14.1 Å². The number of anilines is 1. The average Bonchev–Trinajstić information content (AvgIpc) is 3.10. The van der Waals surface area contributed by atoms with E-state index in [0.717, 1.165) is 11.3 Å². The molecule has 0 aliphatic heterocycles. The number of rotatable bonds is 7. The molecule has 0 saturated carbocycles. The Morgan fingerprint density at radius 3 is 2.68 bits per heavy atom. The molecule has 0 radical (unpaired) electrons. The van der Waals surface area contributed by atoms with Crippen molar-refractivity contribution in [2.24, 2.45) is 0 Å². The predicted molar refractivity (Wildman–Crippen MR) is 94.3 cm³/mol. The second-order valence-electron chi connectivity index (χ2n) is 5.36. The highest BCUT2D eigenvalue weighted by atomic mass is 16.5. The number of carbonyl (C=O) groups excluding carboxylic acids is 1. The standard InChI is InChI=1S/C19H19N3O3/c1-2-24-16-11-7-6-10-15(16)19-21-18(25-22-19)13-12-17(23)20-14-8-4-3-5-9-14/h3-11H,2,12-13H2,1H3,(H,20,23). The monoisotopic (exact) mass is 337 g/mol. The second kappa shape index (κ2) is 8.10. The number of hydrogen-bond acceptors (Lipinski definition) is 5. The summed E-state index contributed by atoms with van der Waals surface area (Å²) in [5, 5.41) is 6.82. The van der Waals surface area contributed by atoms with Crippen LogP contribution >= 0.6 is 0 Å². The largest absolute Gasteiger partial charge is 0.493 e. The van der Waals surface area contributed by atoms with E-state index in [-0.39, 0.29) is 12.3 Å². The van der Waals surface area contributed by atoms with Gasteiger partial charge in [0.1, 0.15) is 5.75 Å². The summed E-state index contributed by atoms with van der Waals surface area (Å²) < 4.78 is 10.8. The van der Waals surface area contributed by atoms with E-state index in [2.05, 4.69) is 15.5 Å². The Hall–Kier alpha value is -3.15. The number of aryl methyl sites for hydroxylation is 1. The highest BCUT2D eigenvalue weighted by Gasteiger charge is 2.14. The maximum absolute atomic E-state index is 12.0. The van der Waals surface area contributed by atoms with E-state index in [0.29, 0.717) is 30.5 Å². The first-order valence-electron chi connectivity index (χ1n) is 8.16. The molecule has 0 bridgehead atoms. The Balaban J connectivity index is 1.61. The van der Waals surface area contributed by atoms with Crippen molar-refractivity contribution in [2.75, 3.05) is 11.9 Å². The van der Waals surface area contributed by atoms with Crippen molar-refractivity contribution in [3.8, 4) is 17.1 Å². The molecule has 1 amide bonds. The first-order valence-corrected chi connectivity index (χ1v) is 8.16. The third-order valence-electron chi connectivity index (χ3n) is 3.52. The second-order valence-corrected chi connectivity index (χ2v) is 5.36. The van der Waals surface area contributed by atoms with Crippen molar-refractivity contribution in [1.29, 1.82) is 0 Å². The maximum Gasteiger partial charge on any atom is 0.227 e. The quantitative estimate of drug-likeness (QED) is 0.711. The van der Waals surface area contributed by atoms with Crippen LogP contribution in [0.2, 0.25) is 0 Å². The van der Waals surface area contributed by atoms with Crippen LogP contribution in [0.1, 0.15) is 19.2 Å². The van der Waals surface area contributed by atoms with Crippen molar-refractivity contribution in [3.63, 3.8) is 0 Å². The lowest BCUT2D eigenvalue weighted by atomic mass is 10.2. The molecule has 0 atom stereocenters. The topological polar surface area (TPSA) is 77.2 Å². The molecule has 1 heterocycles. The molecular weight excluding hydrogens is 318 g/mol. The molecule has 1 N–H and O–H groups in total. The average molecular weight is 337 g/mol. The molecule has 0 saturated heterocycles. The number of hydrogen-bond donors (Lipinski definition) is 1. The number of aromatic nitrogens is 2. The Labute approximate surface area is 145 Å². The number of ether oxygens (including phenoxy) is 1. The molecule has 0 aliphatic rings. The smallest absolute Gasteiger partial charge is 0.227 e. The third kappa shape index (κ3) is 4.44. The summed E-state index contributed by atoms with van der Waals surface area (Å²) in [6.07, 6.45) is 0.645. The first-order chi connectivity index (χ1) is 12.3. The zero-order valence-electron chi connectivity index (χ0n) is 13.9. The number of amides is 1. The molecule has 3 aromatic rings. The van der Waals surface area contributed by atoms with E-state index >= 15 is 0 Å². The van der Waals surface area contributed by atoms with Gasteiger partial charge < -0.3 is 14.6 Å². The van der Waals surface area contributed by atoms with Crippen LogP contribution < -0.4 is 10.1 Å². The number of nitrogens with zero attached hydrogens (tertiary/aromatic N) is 2. The van der Waals surface area contributed by atoms with E-state index < -0.39 is 0 Å². The van der Waals surface area contributed by atoms with Crippen molar-refractivity contribution in [1.82, 2.24) is 10.1 Å². The normalized spacial score (nSPS) is 10.4. The summed E-state index contributed by atoms with van der Waals surface area (Å²) in [6.45, 7) is 2.48. The van der Waals surface area contributed by atoms with Gasteiger partial charge in [0.2, 0.25) is 17.6 Å². The van der Waals surface area contributed by atoms with Crippen LogP contribution in [0.5, 0.6) is 5.75 Å². The number of para-hydroxylation sites is 2. The Bertz CT molecular complexity index is 831. The van der Waals surface area contributed by atoms with Crippen LogP contribution in [0.3, 0.4) is 0 Å². The summed E-state index contributed by atoms with van der Waals surface area (Å²) >= 11 is 0. The fraction of sp³-hybridized carbons (Fsp3) is 0.211. The number of nitrogens with one attached hydrogen (secondary N) is 1. The van der Waals surface area contributed by atoms with Crippen LogP contribution in [0.15, 0.2) is 59.1 Å². The summed E-state index contributed by atoms with van der Waals surface area (Å²) in [5.41, 5.74) is 1.54. The van der Waals surface area contributed by atoms with Crippen molar-refractivity contribution >= 4 is 11.6 Å². The lowest BCUT2D eigenvalue weighted by molar-refractivity contribution is -0.116. The van der Waals surface area contributed by atoms with E-state index in [1.165, 1.54) is 0 Å². The molecule has 3 rings (SSSR count). The van der Waals surface area contributed by atoms with Crippen LogP contribution in [0.4, 0.5) is 5.69 Å². The van der Waals surface area contributed by atoms with Crippen molar-refractivity contribution in [2.45, 2.75) is 19.8 Å². The summed E-state index contributed by atoms with van der Waals surface area (Å²) in [5.74, 6) is 1.49. The Kier molecular flexibility index (Phi) is 5.41. The molecule has 0 fully saturated rings. The van der Waals surface area contributed by atoms with Gasteiger partial charge in [-0.25, -0.2) is 0 Å². The third-order valence-corrected chi connectivity index (χ3v) is 3.52. The van der Waals surface area contributed by atoms with Gasteiger partial charge in [0.05, 0.1) is 12.2 Å². The summed E-state index contributed by atoms with van der Waals surface area (Å²) in [7, 11) is 0. The maximum atomic E-state index is 12.0. The van der Waals surface area contributed by atoms with Gasteiger partial charge in [0.15, 0.2) is 0 Å². The van der Waals surface area contributed by atoms with Gasteiger partial charge >= 0.3 is 0 Å². The van der Waals surface area contributed by atoms with Gasteiger partial charge in [-0.3, -0.25) is 4.79 Å². The molecule has 2 aromatic carbocycles. The zero-order chi connectivity index (χ0) is 17.5. The van der Waals surface area contributed by atoms with E-state index in [1.54, 1.807) is 0 Å². The molecule has 0 spiro atoms. The minimum Gasteiger partial charge on any atom is -0.493 e. The minimum absolute atomic E-state index is 0.0966. The van der Waals surface area contributed by atoms with Gasteiger partial charge in [-0.1, -0.05) is 35.5 Å². The molecule has 0 aliphatic carbocycles. The van der Waals surface area contributed by atoms with E-state index in [4.69, 9.17) is 9.26 Å². The van der Waals surface area contributed by atoms with Gasteiger partial charge in [0.25, 0.3) is 0 Å². The van der Waals surface area contributed by atoms with Gasteiger partial charge in [-0.05, 0) is 31.2 Å². The van der Waals surface area contributed by atoms with Gasteiger partial charge in [0, 0.05) is 18.5 Å². The van der Waals surface area contributed by atoms with E-state index in [1.807, 2.05) is 61.5 Å². The SMILES string of the molecule is CCOc1ccccc1-c1noc(CCC(=O)Nc2ccccc2)n1. The van der Waals surface area contributed by atoms with Crippen LogP contribution in [0.25, 0.3) is 11.4 Å². The molecule has 128 valence electrons. The van der Waals surface area contributed by atoms with Crippen LogP contribution in [-0.4, -0.2) is 22.7 Å². The highest BCUT2D eigenvalue weighted by molar-refractivity contribution is 5.90. The van der Waals surface area contributed by atoms with Gasteiger partial charge in [-0.15, -0.1) is 0 Å². The number of carbonyl (C=O) groups is 1. The molecule has 1 aromatic heterocycles. The van der Waals surface area contributed by atoms with Crippen LogP contribution in [0, 0.1) is 0 Å². The Morgan fingerprint density at radius 1 is 1.12 bits per heavy atom. The van der Waals surface area contributed by atoms with Crippen LogP contribution in [-0.2, 0) is 11.2 Å². The summed E-state index contributed by atoms with van der Waals surface area (Å²) in [4.78, 5) is 16.3. The molecule has 6 nitrogen and oxygen atoms in total. The molecule has 0 unspecified atom stereocenters. The fourth-order valence-electron chi connectivity index (χ4n) is 2.36. The first kappa shape index (κ1) is 16.7. The lowest BCUT2D eigenvalue weighted by Gasteiger charge is -2.06. The van der Waals surface area contributed by atoms with E-state index in [9.17, 15) is 4.79 Å². The highest BCUT2D eigenvalue weighted by Crippen LogP contribution is 2.27. The molecule has 6 heteroatoms. The zero-order valence-corrected chi connectivity index (χ0v) is 13.9. The molecule has 25 heavy (non-hydrogen) atoms. The predicted octanol–water partition coefficient (Wildman–Crippen LogP) is 3.71. The molecular formula is C19H19N3O3.